The maximum atomic E-state index is 13.4. The molecule has 2 aromatic carbocycles. The normalized spacial score (nSPS) is 16.5. The number of benzene rings is 2. The van der Waals surface area contributed by atoms with Crippen molar-refractivity contribution < 1.29 is 17.4 Å². The van der Waals surface area contributed by atoms with Crippen molar-refractivity contribution in [3.05, 3.63) is 48.0 Å². The van der Waals surface area contributed by atoms with Gasteiger partial charge in [-0.25, -0.2) is 17.4 Å². The molecule has 38 heavy (non-hydrogen) atoms. The summed E-state index contributed by atoms with van der Waals surface area (Å²) in [6, 6.07) is 11.7. The van der Waals surface area contributed by atoms with Crippen LogP contribution in [0.25, 0.3) is 0 Å². The minimum Gasteiger partial charge on any atom is -0.369 e. The summed E-state index contributed by atoms with van der Waals surface area (Å²) >= 11 is 0. The third kappa shape index (κ3) is 7.94. The van der Waals surface area contributed by atoms with Gasteiger partial charge in [0, 0.05) is 55.2 Å². The Kier molecular flexibility index (Phi) is 10.2. The summed E-state index contributed by atoms with van der Waals surface area (Å²) in [6.45, 7) is 7.59. The van der Waals surface area contributed by atoms with Crippen molar-refractivity contribution in [3.63, 3.8) is 0 Å². The number of unbranched alkanes of at least 4 members (excludes halogenated alkanes) is 1. The van der Waals surface area contributed by atoms with Gasteiger partial charge >= 0.3 is 0 Å². The van der Waals surface area contributed by atoms with Gasteiger partial charge in [0.2, 0.25) is 10.0 Å². The van der Waals surface area contributed by atoms with E-state index in [1.54, 1.807) is 36.4 Å². The molecular weight excluding hydrogens is 522 g/mol. The molecule has 2 atom stereocenters. The van der Waals surface area contributed by atoms with Crippen LogP contribution in [0.2, 0.25) is 0 Å². The number of nitrogens with one attached hydrogen (secondary N) is 3. The number of carbonyl (C=O) groups excluding carboxylic acids is 1. The standard InChI is InChI=1S/C27H41N5O4S2/c1-5-21(2)8-6-7-19-38(28,36)24-12-9-22(10-13-24)30-27(33)25-20-23(32-17-15-29-16-18-32)11-14-26(25)31(3)37(4,34)35/h9-14,20-21,28-29H,5-8,15-19H2,1-4H3,(H,30,33)/t21-,38?/m1/s1. The Balaban J connectivity index is 1.77. The fourth-order valence-electron chi connectivity index (χ4n) is 4.36. The van der Waals surface area contributed by atoms with E-state index in [9.17, 15) is 17.4 Å². The number of hydrogen-bond acceptors (Lipinski definition) is 7. The lowest BCUT2D eigenvalue weighted by Crippen LogP contribution is -2.43. The first-order valence-electron chi connectivity index (χ1n) is 13.1. The third-order valence-corrected chi connectivity index (χ3v) is 10.2. The van der Waals surface area contributed by atoms with Crippen LogP contribution in [0, 0.1) is 10.7 Å². The van der Waals surface area contributed by atoms with Gasteiger partial charge in [0.1, 0.15) is 0 Å². The van der Waals surface area contributed by atoms with Crippen LogP contribution in [0.15, 0.2) is 47.4 Å². The molecule has 1 saturated heterocycles. The van der Waals surface area contributed by atoms with Gasteiger partial charge in [0.05, 0.1) is 27.2 Å². The molecule has 0 saturated carbocycles. The van der Waals surface area contributed by atoms with E-state index in [0.717, 1.165) is 68.1 Å². The highest BCUT2D eigenvalue weighted by atomic mass is 32.2. The minimum atomic E-state index is -3.58. The highest BCUT2D eigenvalue weighted by molar-refractivity contribution is 7.92. The molecule has 0 aliphatic carbocycles. The highest BCUT2D eigenvalue weighted by Crippen LogP contribution is 2.29. The summed E-state index contributed by atoms with van der Waals surface area (Å²) in [6.07, 6.45) is 4.99. The van der Waals surface area contributed by atoms with Crippen molar-refractivity contribution in [3.8, 4) is 0 Å². The van der Waals surface area contributed by atoms with Crippen LogP contribution < -0.4 is 19.8 Å². The molecule has 210 valence electrons. The SMILES string of the molecule is CC[C@@H](C)CCCCS(=N)(=O)c1ccc(NC(=O)c2cc(N3CCNCC3)ccc2N(C)S(C)(=O)=O)cc1. The first-order chi connectivity index (χ1) is 17.9. The maximum absolute atomic E-state index is 13.4. The smallest absolute Gasteiger partial charge is 0.257 e. The largest absolute Gasteiger partial charge is 0.369 e. The van der Waals surface area contributed by atoms with Crippen molar-refractivity contribution in [1.29, 1.82) is 4.78 Å². The number of sulfonamides is 1. The van der Waals surface area contributed by atoms with Crippen LogP contribution in [0.1, 0.15) is 49.9 Å². The molecule has 0 bridgehead atoms. The molecule has 2 aromatic rings. The van der Waals surface area contributed by atoms with Gasteiger partial charge in [0.15, 0.2) is 0 Å². The monoisotopic (exact) mass is 563 g/mol. The van der Waals surface area contributed by atoms with E-state index in [4.69, 9.17) is 4.78 Å². The number of nitrogens with zero attached hydrogens (tertiary/aromatic N) is 2. The zero-order valence-corrected chi connectivity index (χ0v) is 24.5. The molecule has 3 N–H and O–H groups in total. The molecule has 1 amide bonds. The number of amides is 1. The van der Waals surface area contributed by atoms with Crippen LogP contribution in [0.3, 0.4) is 0 Å². The van der Waals surface area contributed by atoms with Gasteiger partial charge in [-0.15, -0.1) is 0 Å². The quantitative estimate of drug-likeness (QED) is 0.330. The van der Waals surface area contributed by atoms with Crippen LogP contribution in [0.4, 0.5) is 17.1 Å². The summed E-state index contributed by atoms with van der Waals surface area (Å²) < 4.78 is 46.9. The fourth-order valence-corrected chi connectivity index (χ4v) is 6.29. The average Bonchev–Trinajstić information content (AvgIpc) is 2.90. The minimum absolute atomic E-state index is 0.239. The van der Waals surface area contributed by atoms with E-state index in [1.807, 2.05) is 6.07 Å². The summed E-state index contributed by atoms with van der Waals surface area (Å²) in [5.74, 6) is 0.502. The van der Waals surface area contributed by atoms with Crippen LogP contribution in [-0.4, -0.2) is 63.8 Å². The van der Waals surface area contributed by atoms with Gasteiger partial charge in [0.25, 0.3) is 5.91 Å². The molecule has 0 aromatic heterocycles. The molecule has 0 radical (unpaired) electrons. The van der Waals surface area contributed by atoms with E-state index in [1.165, 1.54) is 7.05 Å². The number of hydrogen-bond donors (Lipinski definition) is 3. The van der Waals surface area contributed by atoms with Crippen molar-refractivity contribution in [1.82, 2.24) is 5.32 Å². The van der Waals surface area contributed by atoms with E-state index < -0.39 is 25.7 Å². The van der Waals surface area contributed by atoms with Gasteiger partial charge in [-0.05, 0) is 54.8 Å². The van der Waals surface area contributed by atoms with Crippen LogP contribution in [-0.2, 0) is 19.8 Å². The van der Waals surface area contributed by atoms with Gasteiger partial charge in [-0.1, -0.05) is 33.1 Å². The number of piperazine rings is 1. The van der Waals surface area contributed by atoms with Gasteiger partial charge < -0.3 is 15.5 Å². The zero-order chi connectivity index (χ0) is 27.9. The lowest BCUT2D eigenvalue weighted by atomic mass is 10.0. The second kappa shape index (κ2) is 12.9. The Hall–Kier alpha value is -2.63. The first-order valence-corrected chi connectivity index (χ1v) is 16.7. The van der Waals surface area contributed by atoms with E-state index in [-0.39, 0.29) is 11.3 Å². The molecule has 11 heteroatoms. The lowest BCUT2D eigenvalue weighted by Gasteiger charge is -2.30. The predicted octanol–water partition coefficient (Wildman–Crippen LogP) is 4.37. The van der Waals surface area contributed by atoms with Crippen molar-refractivity contribution in [2.75, 3.05) is 59.8 Å². The maximum Gasteiger partial charge on any atom is 0.257 e. The Morgan fingerprint density at radius 2 is 1.76 bits per heavy atom. The van der Waals surface area contributed by atoms with Gasteiger partial charge in [-0.2, -0.15) is 0 Å². The van der Waals surface area contributed by atoms with E-state index in [0.29, 0.717) is 22.3 Å². The van der Waals surface area contributed by atoms with Crippen LogP contribution >= 0.6 is 0 Å². The highest BCUT2D eigenvalue weighted by Gasteiger charge is 2.22. The molecule has 1 aliphatic rings. The molecule has 1 fully saturated rings. The Bertz CT molecular complexity index is 1310. The number of carbonyl (C=O) groups is 1. The van der Waals surface area contributed by atoms with E-state index >= 15 is 0 Å². The molecule has 9 nitrogen and oxygen atoms in total. The van der Waals surface area contributed by atoms with Crippen molar-refractivity contribution in [2.45, 2.75) is 44.4 Å². The summed E-state index contributed by atoms with van der Waals surface area (Å²) in [7, 11) is -5.07. The van der Waals surface area contributed by atoms with Crippen LogP contribution in [0.5, 0.6) is 0 Å². The first kappa shape index (κ1) is 29.9. The van der Waals surface area contributed by atoms with E-state index in [2.05, 4.69) is 29.4 Å². The van der Waals surface area contributed by atoms with Gasteiger partial charge in [-0.3, -0.25) is 9.10 Å². The average molecular weight is 564 g/mol. The second-order valence-electron chi connectivity index (χ2n) is 10.0. The number of rotatable bonds is 12. The molecular formula is C27H41N5O4S2. The molecule has 1 heterocycles. The Morgan fingerprint density at radius 3 is 2.37 bits per heavy atom. The number of anilines is 3. The third-order valence-electron chi connectivity index (χ3n) is 7.11. The summed E-state index contributed by atoms with van der Waals surface area (Å²) in [5, 5.41) is 6.14. The Morgan fingerprint density at radius 1 is 1.11 bits per heavy atom. The second-order valence-corrected chi connectivity index (χ2v) is 14.3. The van der Waals surface area contributed by atoms with Crippen molar-refractivity contribution >= 4 is 42.7 Å². The summed E-state index contributed by atoms with van der Waals surface area (Å²) in [4.78, 5) is 16.0. The van der Waals surface area contributed by atoms with Crippen molar-refractivity contribution in [2.24, 2.45) is 5.92 Å². The topological polar surface area (TPSA) is 123 Å². The molecule has 1 aliphatic heterocycles. The fraction of sp³-hybridized carbons (Fsp3) is 0.519. The molecule has 0 spiro atoms. The Labute approximate surface area is 228 Å². The molecule has 3 rings (SSSR count). The molecule has 1 unspecified atom stereocenters. The summed E-state index contributed by atoms with van der Waals surface area (Å²) in [5.41, 5.74) is 1.85. The lowest BCUT2D eigenvalue weighted by molar-refractivity contribution is 0.102. The zero-order valence-electron chi connectivity index (χ0n) is 22.8. The predicted molar refractivity (Wildman–Crippen MR) is 156 cm³/mol.